The van der Waals surface area contributed by atoms with Gasteiger partial charge in [-0.3, -0.25) is 10.2 Å². The highest BCUT2D eigenvalue weighted by Crippen LogP contribution is 2.10. The van der Waals surface area contributed by atoms with Gasteiger partial charge < -0.3 is 5.73 Å². The summed E-state index contributed by atoms with van der Waals surface area (Å²) in [6.07, 6.45) is 6.26. The Morgan fingerprint density at radius 1 is 1.31 bits per heavy atom. The van der Waals surface area contributed by atoms with Crippen LogP contribution in [0.15, 0.2) is 0 Å². The summed E-state index contributed by atoms with van der Waals surface area (Å²) in [5.74, 6) is 0.711. The molecule has 1 fully saturated rings. The minimum Gasteiger partial charge on any atom is -0.330 e. The van der Waals surface area contributed by atoms with Gasteiger partial charge in [-0.15, -0.1) is 0 Å². The van der Waals surface area contributed by atoms with Crippen LogP contribution in [0.4, 0.5) is 0 Å². The summed E-state index contributed by atoms with van der Waals surface area (Å²) in [5.41, 5.74) is 8.46. The Labute approximate surface area is 98.5 Å². The molecule has 0 bridgehead atoms. The first-order valence-electron chi connectivity index (χ1n) is 6.47. The molecule has 16 heavy (non-hydrogen) atoms. The Kier molecular flexibility index (Phi) is 6.42. The number of piperidine rings is 1. The van der Waals surface area contributed by atoms with Crippen LogP contribution in [-0.2, 0) is 4.79 Å². The maximum absolute atomic E-state index is 11.6. The molecule has 1 heterocycles. The fraction of sp³-hybridized carbons (Fsp3) is 0.917. The van der Waals surface area contributed by atoms with E-state index >= 15 is 0 Å². The lowest BCUT2D eigenvalue weighted by Crippen LogP contribution is -2.45. The number of nitrogens with two attached hydrogens (primary N) is 1. The average molecular weight is 227 g/mol. The molecule has 0 saturated carbocycles. The first-order valence-corrected chi connectivity index (χ1v) is 6.47. The Bertz CT molecular complexity index is 202. The number of amides is 1. The van der Waals surface area contributed by atoms with E-state index in [9.17, 15) is 4.79 Å². The molecule has 4 nitrogen and oxygen atoms in total. The van der Waals surface area contributed by atoms with Gasteiger partial charge in [0.15, 0.2) is 0 Å². The van der Waals surface area contributed by atoms with Crippen LogP contribution in [0.1, 0.15) is 45.4 Å². The van der Waals surface area contributed by atoms with E-state index in [1.54, 1.807) is 0 Å². The fourth-order valence-electron chi connectivity index (χ4n) is 2.04. The van der Waals surface area contributed by atoms with E-state index in [0.717, 1.165) is 32.5 Å². The highest BCUT2D eigenvalue weighted by atomic mass is 16.2. The van der Waals surface area contributed by atoms with Crippen LogP contribution in [0.25, 0.3) is 0 Å². The molecule has 0 radical (unpaired) electrons. The van der Waals surface area contributed by atoms with Gasteiger partial charge in [-0.2, -0.15) is 0 Å². The van der Waals surface area contributed by atoms with Crippen LogP contribution in [0.5, 0.6) is 0 Å². The van der Waals surface area contributed by atoms with Gasteiger partial charge in [-0.25, -0.2) is 5.01 Å². The van der Waals surface area contributed by atoms with Crippen LogP contribution in [-0.4, -0.2) is 30.6 Å². The zero-order chi connectivity index (χ0) is 11.8. The van der Waals surface area contributed by atoms with Crippen molar-refractivity contribution in [2.24, 2.45) is 11.7 Å². The first-order chi connectivity index (χ1) is 7.72. The molecule has 1 atom stereocenters. The third-order valence-electron chi connectivity index (χ3n) is 3.16. The van der Waals surface area contributed by atoms with Crippen molar-refractivity contribution in [2.45, 2.75) is 45.4 Å². The minimum absolute atomic E-state index is 0.158. The van der Waals surface area contributed by atoms with E-state index in [2.05, 4.69) is 17.4 Å². The second-order valence-corrected chi connectivity index (χ2v) is 4.80. The van der Waals surface area contributed by atoms with Gasteiger partial charge in [0.1, 0.15) is 0 Å². The van der Waals surface area contributed by atoms with Crippen LogP contribution in [0.2, 0.25) is 0 Å². The number of carbonyl (C=O) groups excluding carboxylic acids is 1. The lowest BCUT2D eigenvalue weighted by Gasteiger charge is -2.27. The first kappa shape index (κ1) is 13.5. The summed E-state index contributed by atoms with van der Waals surface area (Å²) in [7, 11) is 0. The maximum atomic E-state index is 11.6. The largest absolute Gasteiger partial charge is 0.330 e. The zero-order valence-electron chi connectivity index (χ0n) is 10.4. The summed E-state index contributed by atoms with van der Waals surface area (Å²) in [5, 5.41) is 2.05. The second-order valence-electron chi connectivity index (χ2n) is 4.80. The quantitative estimate of drug-likeness (QED) is 0.718. The van der Waals surface area contributed by atoms with E-state index in [1.807, 2.05) is 0 Å². The molecule has 1 unspecified atom stereocenters. The molecule has 1 rings (SSSR count). The van der Waals surface area contributed by atoms with Crippen LogP contribution >= 0.6 is 0 Å². The van der Waals surface area contributed by atoms with E-state index in [-0.39, 0.29) is 5.91 Å². The Morgan fingerprint density at radius 2 is 2.00 bits per heavy atom. The number of rotatable bonds is 6. The van der Waals surface area contributed by atoms with E-state index in [4.69, 9.17) is 5.73 Å². The molecule has 1 aliphatic heterocycles. The van der Waals surface area contributed by atoms with Crippen molar-refractivity contribution in [3.63, 3.8) is 0 Å². The van der Waals surface area contributed by atoms with E-state index < -0.39 is 0 Å². The Morgan fingerprint density at radius 3 is 2.62 bits per heavy atom. The summed E-state index contributed by atoms with van der Waals surface area (Å²) in [6.45, 7) is 4.88. The van der Waals surface area contributed by atoms with Crippen LogP contribution in [0.3, 0.4) is 0 Å². The topological polar surface area (TPSA) is 58.4 Å². The van der Waals surface area contributed by atoms with Gasteiger partial charge in [-0.1, -0.05) is 13.3 Å². The smallest absolute Gasteiger partial charge is 0.234 e. The molecular formula is C12H25N3O. The average Bonchev–Trinajstić information content (AvgIpc) is 2.28. The van der Waals surface area contributed by atoms with Crippen molar-refractivity contribution in [1.82, 2.24) is 10.4 Å². The van der Waals surface area contributed by atoms with Crippen molar-refractivity contribution in [1.29, 1.82) is 0 Å². The van der Waals surface area contributed by atoms with Crippen LogP contribution in [0, 0.1) is 5.92 Å². The third-order valence-corrected chi connectivity index (χ3v) is 3.16. The van der Waals surface area contributed by atoms with Crippen molar-refractivity contribution < 1.29 is 4.79 Å². The lowest BCUT2D eigenvalue weighted by atomic mass is 10.0. The molecule has 1 saturated heterocycles. The minimum atomic E-state index is 0.158. The highest BCUT2D eigenvalue weighted by molar-refractivity contribution is 5.75. The standard InChI is InChI=1S/C12H25N3O/c1-11(7-8-13)5-6-12(16)14-15-9-3-2-4-10-15/h11H,2-10,13H2,1H3,(H,14,16). The third kappa shape index (κ3) is 5.47. The van der Waals surface area contributed by atoms with Gasteiger partial charge in [0.25, 0.3) is 0 Å². The molecule has 1 amide bonds. The molecule has 1 aliphatic rings. The van der Waals surface area contributed by atoms with Crippen molar-refractivity contribution in [2.75, 3.05) is 19.6 Å². The normalized spacial score (nSPS) is 19.4. The van der Waals surface area contributed by atoms with Crippen LogP contribution < -0.4 is 11.2 Å². The fourth-order valence-corrected chi connectivity index (χ4v) is 2.04. The summed E-state index contributed by atoms with van der Waals surface area (Å²) >= 11 is 0. The molecule has 3 N–H and O–H groups in total. The molecule has 0 aliphatic carbocycles. The monoisotopic (exact) mass is 227 g/mol. The van der Waals surface area contributed by atoms with Gasteiger partial charge in [0.2, 0.25) is 5.91 Å². The number of hydrogen-bond donors (Lipinski definition) is 2. The second kappa shape index (κ2) is 7.63. The predicted molar refractivity (Wildman–Crippen MR) is 65.6 cm³/mol. The van der Waals surface area contributed by atoms with Crippen molar-refractivity contribution >= 4 is 5.91 Å². The van der Waals surface area contributed by atoms with Gasteiger partial charge in [0.05, 0.1) is 0 Å². The lowest BCUT2D eigenvalue weighted by molar-refractivity contribution is -0.126. The van der Waals surface area contributed by atoms with Gasteiger partial charge in [-0.05, 0) is 38.1 Å². The number of nitrogens with one attached hydrogen (secondary N) is 1. The zero-order valence-corrected chi connectivity index (χ0v) is 10.4. The number of carbonyl (C=O) groups is 1. The van der Waals surface area contributed by atoms with Gasteiger partial charge >= 0.3 is 0 Å². The molecular weight excluding hydrogens is 202 g/mol. The SMILES string of the molecule is CC(CCN)CCC(=O)NN1CCCCC1. The summed E-state index contributed by atoms with van der Waals surface area (Å²) < 4.78 is 0. The molecule has 0 aromatic rings. The molecule has 0 aromatic heterocycles. The molecule has 0 aromatic carbocycles. The van der Waals surface area contributed by atoms with Crippen molar-refractivity contribution in [3.8, 4) is 0 Å². The molecule has 0 spiro atoms. The van der Waals surface area contributed by atoms with E-state index in [0.29, 0.717) is 12.3 Å². The number of hydrazine groups is 1. The van der Waals surface area contributed by atoms with E-state index in [1.165, 1.54) is 19.3 Å². The Hall–Kier alpha value is -0.610. The number of nitrogens with zero attached hydrogens (tertiary/aromatic N) is 1. The summed E-state index contributed by atoms with van der Waals surface area (Å²) in [4.78, 5) is 11.6. The maximum Gasteiger partial charge on any atom is 0.234 e. The van der Waals surface area contributed by atoms with Gasteiger partial charge in [0, 0.05) is 19.5 Å². The highest BCUT2D eigenvalue weighted by Gasteiger charge is 2.13. The predicted octanol–water partition coefficient (Wildman–Crippen LogP) is 1.27. The number of hydrogen-bond acceptors (Lipinski definition) is 3. The van der Waals surface area contributed by atoms with Crippen molar-refractivity contribution in [3.05, 3.63) is 0 Å². The summed E-state index contributed by atoms with van der Waals surface area (Å²) in [6, 6.07) is 0. The molecule has 94 valence electrons. The Balaban J connectivity index is 2.10. The molecule has 4 heteroatoms.